The zero-order chi connectivity index (χ0) is 12.5. The zero-order valence-electron chi connectivity index (χ0n) is 10.8. The van der Waals surface area contributed by atoms with E-state index >= 15 is 0 Å². The van der Waals surface area contributed by atoms with E-state index in [0.717, 1.165) is 0 Å². The Kier molecular flexibility index (Phi) is 9.18. The van der Waals surface area contributed by atoms with Crippen LogP contribution in [-0.2, 0) is 13.3 Å². The molecule has 0 aliphatic rings. The topological polar surface area (TPSA) is 27.7 Å². The fourth-order valence-corrected chi connectivity index (χ4v) is 1.50. The highest BCUT2D eigenvalue weighted by atomic mass is 28.4. The van der Waals surface area contributed by atoms with E-state index in [4.69, 9.17) is 13.3 Å². The number of hydrogen-bond acceptors (Lipinski definition) is 3. The van der Waals surface area contributed by atoms with E-state index in [-0.39, 0.29) is 0 Å². The zero-order valence-corrected chi connectivity index (χ0v) is 12.8. The lowest BCUT2D eigenvalue weighted by Crippen LogP contribution is -2.40. The van der Waals surface area contributed by atoms with E-state index in [1.807, 2.05) is 0 Å². The predicted octanol–water partition coefficient (Wildman–Crippen LogP) is 2.64. The van der Waals surface area contributed by atoms with Crippen LogP contribution in [0.15, 0.2) is 24.6 Å². The second-order valence-corrected chi connectivity index (χ2v) is 12.0. The molecule has 0 saturated carbocycles. The minimum absolute atomic E-state index is 0.867. The average Bonchev–Trinajstić information content (AvgIpc) is 2.22. The van der Waals surface area contributed by atoms with Crippen LogP contribution in [-0.4, -0.2) is 38.2 Å². The van der Waals surface area contributed by atoms with Crippen LogP contribution in [0.3, 0.4) is 0 Å². The highest BCUT2D eigenvalue weighted by Gasteiger charge is 2.33. The minimum atomic E-state index is -2.43. The third-order valence-electron chi connectivity index (χ3n) is 1.72. The first-order chi connectivity index (χ1) is 6.80. The van der Waals surface area contributed by atoms with Crippen LogP contribution < -0.4 is 0 Å². The molecule has 0 radical (unpaired) electrons. The summed E-state index contributed by atoms with van der Waals surface area (Å²) in [6.45, 7) is 14.0. The summed E-state index contributed by atoms with van der Waals surface area (Å²) < 4.78 is 14.9. The van der Waals surface area contributed by atoms with Gasteiger partial charge in [0.2, 0.25) is 0 Å². The lowest BCUT2D eigenvalue weighted by atomic mass is 11.3. The molecule has 0 bridgehead atoms. The molecule has 90 valence electrons. The van der Waals surface area contributed by atoms with Gasteiger partial charge in [0, 0.05) is 21.3 Å². The van der Waals surface area contributed by atoms with E-state index in [1.54, 1.807) is 27.0 Å². The Morgan fingerprint density at radius 1 is 0.800 bits per heavy atom. The van der Waals surface area contributed by atoms with Crippen molar-refractivity contribution in [3.8, 4) is 0 Å². The van der Waals surface area contributed by atoms with Crippen LogP contribution in [0.4, 0.5) is 0 Å². The molecule has 0 heterocycles. The van der Waals surface area contributed by atoms with Gasteiger partial charge in [0.15, 0.2) is 0 Å². The summed E-state index contributed by atoms with van der Waals surface area (Å²) >= 11 is 0. The molecule has 0 aromatic rings. The normalized spacial score (nSPS) is 11.3. The fourth-order valence-electron chi connectivity index (χ4n) is 0.500. The summed E-state index contributed by atoms with van der Waals surface area (Å²) in [7, 11) is 1.33. The number of rotatable bonds is 5. The van der Waals surface area contributed by atoms with Crippen LogP contribution in [0.5, 0.6) is 0 Å². The first-order valence-electron chi connectivity index (χ1n) is 4.73. The van der Waals surface area contributed by atoms with Crippen LogP contribution in [0, 0.1) is 0 Å². The molecule has 0 spiro atoms. The van der Waals surface area contributed by atoms with Crippen molar-refractivity contribution >= 4 is 16.9 Å². The van der Waals surface area contributed by atoms with Crippen molar-refractivity contribution in [1.29, 1.82) is 0 Å². The third kappa shape index (κ3) is 8.77. The quantitative estimate of drug-likeness (QED) is 0.700. The largest absolute Gasteiger partial charge is 0.528 e. The molecule has 0 amide bonds. The van der Waals surface area contributed by atoms with Gasteiger partial charge in [-0.3, -0.25) is 0 Å². The summed E-state index contributed by atoms with van der Waals surface area (Å²) in [5.74, 6) is 0. The molecule has 3 nitrogen and oxygen atoms in total. The van der Waals surface area contributed by atoms with Gasteiger partial charge in [-0.1, -0.05) is 26.2 Å². The molecule has 0 N–H and O–H groups in total. The van der Waals surface area contributed by atoms with Gasteiger partial charge >= 0.3 is 8.80 Å². The molecule has 0 atom stereocenters. The molecule has 0 aromatic heterocycles. The maximum Gasteiger partial charge on any atom is 0.528 e. The summed E-state index contributed by atoms with van der Waals surface area (Å²) in [6.07, 6.45) is 0. The summed E-state index contributed by atoms with van der Waals surface area (Å²) in [5, 5.41) is 0. The van der Waals surface area contributed by atoms with Crippen molar-refractivity contribution in [2.45, 2.75) is 19.6 Å². The van der Waals surface area contributed by atoms with Crippen molar-refractivity contribution in [3.63, 3.8) is 0 Å². The maximum atomic E-state index is 4.96. The van der Waals surface area contributed by atoms with Gasteiger partial charge in [0.05, 0.1) is 8.07 Å². The third-order valence-corrected chi connectivity index (χ3v) is 5.15. The summed E-state index contributed by atoms with van der Waals surface area (Å²) in [6, 6.07) is 0. The van der Waals surface area contributed by atoms with Crippen molar-refractivity contribution < 1.29 is 13.3 Å². The Morgan fingerprint density at radius 3 is 1.07 bits per heavy atom. The Balaban J connectivity index is 0. The van der Waals surface area contributed by atoms with Crippen LogP contribution >= 0.6 is 0 Å². The van der Waals surface area contributed by atoms with Gasteiger partial charge in [0.1, 0.15) is 0 Å². The molecule has 0 aliphatic carbocycles. The van der Waals surface area contributed by atoms with Gasteiger partial charge in [-0.25, -0.2) is 0 Å². The summed E-state index contributed by atoms with van der Waals surface area (Å²) in [5.41, 5.74) is 3.65. The first kappa shape index (κ1) is 17.2. The van der Waals surface area contributed by atoms with E-state index < -0.39 is 16.9 Å². The molecule has 5 heteroatoms. The standard InChI is InChI=1S/C5H12O3Si.C5H12Si/c1-5-9(6-2,7-3)8-4;1-5-6(2,3)4/h5H,1H2,2-4H3;5H,1H2,2-4H3. The second kappa shape index (κ2) is 8.01. The van der Waals surface area contributed by atoms with Gasteiger partial charge in [-0.05, 0) is 5.70 Å². The SMILES string of the molecule is C=C[Si](C)(C)C.C=C[Si](OC)(OC)OC. The fraction of sp³-hybridized carbons (Fsp3) is 0.600. The van der Waals surface area contributed by atoms with E-state index in [0.29, 0.717) is 0 Å². The minimum Gasteiger partial charge on any atom is -0.374 e. The van der Waals surface area contributed by atoms with Crippen LogP contribution in [0.1, 0.15) is 0 Å². The summed E-state index contributed by atoms with van der Waals surface area (Å²) in [4.78, 5) is 0. The van der Waals surface area contributed by atoms with Gasteiger partial charge in [-0.2, -0.15) is 0 Å². The van der Waals surface area contributed by atoms with Crippen molar-refractivity contribution in [3.05, 3.63) is 24.6 Å². The van der Waals surface area contributed by atoms with Gasteiger partial charge in [0.25, 0.3) is 0 Å². The first-order valence-corrected chi connectivity index (χ1v) is 10.1. The maximum absolute atomic E-state index is 4.96. The number of hydrogen-bond donors (Lipinski definition) is 0. The lowest BCUT2D eigenvalue weighted by Gasteiger charge is -2.19. The Bertz CT molecular complexity index is 175. The van der Waals surface area contributed by atoms with Crippen LogP contribution in [0.25, 0.3) is 0 Å². The highest BCUT2D eigenvalue weighted by molar-refractivity contribution is 6.80. The molecular formula is C10H24O3Si2. The molecule has 0 unspecified atom stereocenters. The lowest BCUT2D eigenvalue weighted by molar-refractivity contribution is 0.138. The van der Waals surface area contributed by atoms with Crippen LogP contribution in [0.2, 0.25) is 19.6 Å². The van der Waals surface area contributed by atoms with Crippen molar-refractivity contribution in [2.75, 3.05) is 21.3 Å². The smallest absolute Gasteiger partial charge is 0.374 e. The van der Waals surface area contributed by atoms with Crippen molar-refractivity contribution in [1.82, 2.24) is 0 Å². The highest BCUT2D eigenvalue weighted by Crippen LogP contribution is 2.04. The molecule has 0 saturated heterocycles. The van der Waals surface area contributed by atoms with E-state index in [2.05, 4.69) is 38.5 Å². The van der Waals surface area contributed by atoms with Gasteiger partial charge in [-0.15, -0.1) is 12.3 Å². The molecule has 0 aliphatic heterocycles. The molecular weight excluding hydrogens is 224 g/mol. The van der Waals surface area contributed by atoms with E-state index in [9.17, 15) is 0 Å². The molecule has 0 aromatic carbocycles. The Hall–Kier alpha value is -0.206. The Labute approximate surface area is 96.1 Å². The molecule has 0 rings (SSSR count). The predicted molar refractivity (Wildman–Crippen MR) is 70.5 cm³/mol. The van der Waals surface area contributed by atoms with Gasteiger partial charge < -0.3 is 13.3 Å². The van der Waals surface area contributed by atoms with E-state index in [1.165, 1.54) is 0 Å². The Morgan fingerprint density at radius 2 is 1.07 bits per heavy atom. The van der Waals surface area contributed by atoms with Crippen molar-refractivity contribution in [2.24, 2.45) is 0 Å². The monoisotopic (exact) mass is 248 g/mol. The second-order valence-electron chi connectivity index (χ2n) is 3.99. The molecule has 15 heavy (non-hydrogen) atoms. The molecule has 0 fully saturated rings. The average molecular weight is 248 g/mol.